The van der Waals surface area contributed by atoms with E-state index in [1.807, 2.05) is 0 Å². The van der Waals surface area contributed by atoms with Gasteiger partial charge in [-0.3, -0.25) is 9.36 Å². The number of hydrogen-bond donors (Lipinski definition) is 1. The molecule has 0 radical (unpaired) electrons. The molecule has 0 atom stereocenters. The maximum Gasteiger partial charge on any atom is 0.350 e. The van der Waals surface area contributed by atoms with Crippen molar-refractivity contribution in [2.75, 3.05) is 0 Å². The van der Waals surface area contributed by atoms with E-state index in [0.717, 1.165) is 15.3 Å². The second-order valence-corrected chi connectivity index (χ2v) is 3.42. The molecule has 1 amide bonds. The summed E-state index contributed by atoms with van der Waals surface area (Å²) in [6.07, 6.45) is 0. The first kappa shape index (κ1) is 11.1. The fourth-order valence-corrected chi connectivity index (χ4v) is 1.43. The highest BCUT2D eigenvalue weighted by atomic mass is 19.1. The Bertz CT molecular complexity index is 644. The van der Waals surface area contributed by atoms with Gasteiger partial charge in [-0.05, 0) is 18.2 Å². The van der Waals surface area contributed by atoms with Gasteiger partial charge < -0.3 is 5.73 Å². The molecule has 2 N–H and O–H groups in total. The third-order valence-corrected chi connectivity index (χ3v) is 2.25. The van der Waals surface area contributed by atoms with Gasteiger partial charge in [0.25, 0.3) is 5.91 Å². The molecule has 1 heterocycles. The van der Waals surface area contributed by atoms with Crippen LogP contribution in [0, 0.1) is 5.82 Å². The van der Waals surface area contributed by atoms with Crippen LogP contribution in [-0.4, -0.2) is 20.3 Å². The fourth-order valence-electron chi connectivity index (χ4n) is 1.43. The van der Waals surface area contributed by atoms with Crippen LogP contribution < -0.4 is 11.4 Å². The number of carbonyl (C=O) groups excluding carboxylic acids is 1. The summed E-state index contributed by atoms with van der Waals surface area (Å²) in [4.78, 5) is 22.7. The Hall–Kier alpha value is -2.44. The molecule has 0 bridgehead atoms. The summed E-state index contributed by atoms with van der Waals surface area (Å²) in [6, 6.07) is 5.32. The molecule has 0 saturated heterocycles. The standard InChI is InChI=1S/C10H9FN4O2/c1-14-9(8(12)16)13-15(10(14)17)7-4-2-3-6(11)5-7/h2-5H,1H3,(H2,12,16). The first-order chi connectivity index (χ1) is 8.00. The molecule has 0 unspecified atom stereocenters. The maximum absolute atomic E-state index is 13.0. The summed E-state index contributed by atoms with van der Waals surface area (Å²) >= 11 is 0. The van der Waals surface area contributed by atoms with Crippen LogP contribution in [0.4, 0.5) is 4.39 Å². The van der Waals surface area contributed by atoms with Gasteiger partial charge in [0.2, 0.25) is 5.82 Å². The van der Waals surface area contributed by atoms with Gasteiger partial charge >= 0.3 is 5.69 Å². The van der Waals surface area contributed by atoms with Crippen molar-refractivity contribution in [1.82, 2.24) is 14.3 Å². The first-order valence-corrected chi connectivity index (χ1v) is 4.72. The van der Waals surface area contributed by atoms with Crippen molar-refractivity contribution in [3.63, 3.8) is 0 Å². The number of amides is 1. The van der Waals surface area contributed by atoms with E-state index in [-0.39, 0.29) is 11.5 Å². The van der Waals surface area contributed by atoms with Crippen molar-refractivity contribution in [1.29, 1.82) is 0 Å². The second-order valence-electron chi connectivity index (χ2n) is 3.42. The van der Waals surface area contributed by atoms with Crippen molar-refractivity contribution >= 4 is 5.91 Å². The lowest BCUT2D eigenvalue weighted by molar-refractivity contribution is 0.0986. The summed E-state index contributed by atoms with van der Waals surface area (Å²) < 4.78 is 14.9. The SMILES string of the molecule is Cn1c(C(N)=O)nn(-c2cccc(F)c2)c1=O. The monoisotopic (exact) mass is 236 g/mol. The lowest BCUT2D eigenvalue weighted by atomic mass is 10.3. The summed E-state index contributed by atoms with van der Waals surface area (Å²) in [5.41, 5.74) is 4.73. The number of carbonyl (C=O) groups is 1. The van der Waals surface area contributed by atoms with Crippen molar-refractivity contribution < 1.29 is 9.18 Å². The summed E-state index contributed by atoms with van der Waals surface area (Å²) in [6.45, 7) is 0. The number of halogens is 1. The molecule has 0 aliphatic rings. The molecule has 2 aromatic rings. The van der Waals surface area contributed by atoms with E-state index in [1.165, 1.54) is 25.2 Å². The predicted octanol–water partition coefficient (Wildman–Crippen LogP) is -0.191. The molecule has 0 saturated carbocycles. The van der Waals surface area contributed by atoms with Crippen LogP contribution in [0.1, 0.15) is 10.6 Å². The van der Waals surface area contributed by atoms with Gasteiger partial charge in [0.15, 0.2) is 0 Å². The van der Waals surface area contributed by atoms with Gasteiger partial charge in [0.1, 0.15) is 5.82 Å². The number of nitrogens with two attached hydrogens (primary N) is 1. The first-order valence-electron chi connectivity index (χ1n) is 4.72. The zero-order chi connectivity index (χ0) is 12.6. The van der Waals surface area contributed by atoms with Crippen molar-refractivity contribution in [2.24, 2.45) is 12.8 Å². The van der Waals surface area contributed by atoms with Crippen LogP contribution in [0.3, 0.4) is 0 Å². The molecule has 1 aromatic heterocycles. The van der Waals surface area contributed by atoms with Gasteiger partial charge in [-0.25, -0.2) is 9.18 Å². The highest BCUT2D eigenvalue weighted by Gasteiger charge is 2.15. The van der Waals surface area contributed by atoms with Gasteiger partial charge in [0, 0.05) is 7.05 Å². The number of rotatable bonds is 2. The number of hydrogen-bond acceptors (Lipinski definition) is 3. The minimum atomic E-state index is -0.820. The van der Waals surface area contributed by atoms with Gasteiger partial charge in [-0.2, -0.15) is 4.68 Å². The van der Waals surface area contributed by atoms with E-state index >= 15 is 0 Å². The normalized spacial score (nSPS) is 10.5. The average Bonchev–Trinajstić information content (AvgIpc) is 2.56. The van der Waals surface area contributed by atoms with E-state index in [1.54, 1.807) is 0 Å². The highest BCUT2D eigenvalue weighted by molar-refractivity contribution is 5.88. The Labute approximate surface area is 95.1 Å². The number of aromatic nitrogens is 3. The number of primary amides is 1. The van der Waals surface area contributed by atoms with E-state index in [9.17, 15) is 14.0 Å². The molecule has 2 rings (SSSR count). The Morgan fingerprint density at radius 3 is 2.71 bits per heavy atom. The summed E-state index contributed by atoms with van der Waals surface area (Å²) in [7, 11) is 1.37. The molecule has 0 aliphatic heterocycles. The van der Waals surface area contributed by atoms with Crippen LogP contribution in [-0.2, 0) is 7.05 Å². The van der Waals surface area contributed by atoms with Gasteiger partial charge in [-0.15, -0.1) is 5.10 Å². The molecule has 0 fully saturated rings. The van der Waals surface area contributed by atoms with Crippen LogP contribution in [0.25, 0.3) is 5.69 Å². The van der Waals surface area contributed by atoms with Crippen LogP contribution in [0.15, 0.2) is 29.1 Å². The average molecular weight is 236 g/mol. The molecular formula is C10H9FN4O2. The third kappa shape index (κ3) is 1.82. The number of nitrogens with zero attached hydrogens (tertiary/aromatic N) is 3. The highest BCUT2D eigenvalue weighted by Crippen LogP contribution is 2.06. The molecule has 88 valence electrons. The van der Waals surface area contributed by atoms with Gasteiger partial charge in [-0.1, -0.05) is 6.07 Å². The Kier molecular flexibility index (Phi) is 2.51. The lowest BCUT2D eigenvalue weighted by Gasteiger charge is -1.97. The molecule has 1 aromatic carbocycles. The largest absolute Gasteiger partial charge is 0.363 e. The van der Waals surface area contributed by atoms with Crippen LogP contribution in [0.2, 0.25) is 0 Å². The van der Waals surface area contributed by atoms with Crippen LogP contribution >= 0.6 is 0 Å². The van der Waals surface area contributed by atoms with E-state index in [4.69, 9.17) is 5.73 Å². The maximum atomic E-state index is 13.0. The van der Waals surface area contributed by atoms with E-state index in [2.05, 4.69) is 5.10 Å². The second kappa shape index (κ2) is 3.85. The van der Waals surface area contributed by atoms with Crippen molar-refractivity contribution in [2.45, 2.75) is 0 Å². The smallest absolute Gasteiger partial charge is 0.350 e. The summed E-state index contributed by atoms with van der Waals surface area (Å²) in [5.74, 6) is -1.50. The molecule has 0 spiro atoms. The number of benzene rings is 1. The fraction of sp³-hybridized carbons (Fsp3) is 0.100. The molecule has 7 heteroatoms. The zero-order valence-electron chi connectivity index (χ0n) is 8.92. The van der Waals surface area contributed by atoms with E-state index in [0.29, 0.717) is 0 Å². The van der Waals surface area contributed by atoms with Crippen molar-refractivity contribution in [3.05, 3.63) is 46.4 Å². The molecule has 17 heavy (non-hydrogen) atoms. The minimum Gasteiger partial charge on any atom is -0.363 e. The lowest BCUT2D eigenvalue weighted by Crippen LogP contribution is -2.24. The van der Waals surface area contributed by atoms with Gasteiger partial charge in [0.05, 0.1) is 5.69 Å². The topological polar surface area (TPSA) is 82.9 Å². The van der Waals surface area contributed by atoms with E-state index < -0.39 is 17.4 Å². The zero-order valence-corrected chi connectivity index (χ0v) is 8.92. The summed E-state index contributed by atoms with van der Waals surface area (Å²) in [5, 5.41) is 3.75. The quantitative estimate of drug-likeness (QED) is 0.784. The Balaban J connectivity index is 2.65. The Morgan fingerprint density at radius 2 is 2.18 bits per heavy atom. The van der Waals surface area contributed by atoms with Crippen molar-refractivity contribution in [3.8, 4) is 5.69 Å². The Morgan fingerprint density at radius 1 is 1.47 bits per heavy atom. The molecule has 6 nitrogen and oxygen atoms in total. The minimum absolute atomic E-state index is 0.181. The molecule has 0 aliphatic carbocycles. The van der Waals surface area contributed by atoms with Crippen LogP contribution in [0.5, 0.6) is 0 Å². The third-order valence-electron chi connectivity index (χ3n) is 2.25. The molecular weight excluding hydrogens is 227 g/mol. The predicted molar refractivity (Wildman–Crippen MR) is 57.3 cm³/mol.